The second-order valence-electron chi connectivity index (χ2n) is 3.92. The van der Waals surface area contributed by atoms with E-state index in [1.807, 2.05) is 5.32 Å². The normalized spacial score (nSPS) is 18.4. The Hall–Kier alpha value is -1.20. The molecule has 1 heterocycles. The summed E-state index contributed by atoms with van der Waals surface area (Å²) in [5.41, 5.74) is 0. The van der Waals surface area contributed by atoms with Gasteiger partial charge in [0.2, 0.25) is 5.91 Å². The van der Waals surface area contributed by atoms with Gasteiger partial charge in [-0.05, 0) is 26.2 Å². The Kier molecular flexibility index (Phi) is 4.64. The van der Waals surface area contributed by atoms with Crippen molar-refractivity contribution in [2.75, 3.05) is 13.1 Å². The van der Waals surface area contributed by atoms with E-state index in [4.69, 9.17) is 0 Å². The molecule has 0 bridgehead atoms. The zero-order valence-corrected chi connectivity index (χ0v) is 9.21. The monoisotopic (exact) mass is 234 g/mol. The molecule has 6 heteroatoms. The fourth-order valence-corrected chi connectivity index (χ4v) is 1.73. The van der Waals surface area contributed by atoms with E-state index in [1.165, 1.54) is 6.92 Å². The van der Waals surface area contributed by atoms with Gasteiger partial charge in [0.15, 0.2) is 0 Å². The molecule has 1 fully saturated rings. The highest BCUT2D eigenvalue weighted by Crippen LogP contribution is 2.10. The van der Waals surface area contributed by atoms with Crippen molar-refractivity contribution in [1.82, 2.24) is 10.2 Å². The van der Waals surface area contributed by atoms with Gasteiger partial charge in [0.05, 0.1) is 0 Å². The van der Waals surface area contributed by atoms with Gasteiger partial charge >= 0.3 is 6.43 Å². The number of carbonyl (C=O) groups is 2. The maximum absolute atomic E-state index is 12.0. The summed E-state index contributed by atoms with van der Waals surface area (Å²) in [7, 11) is 0. The van der Waals surface area contributed by atoms with E-state index in [0.29, 0.717) is 13.1 Å². The molecule has 0 aromatic heterocycles. The van der Waals surface area contributed by atoms with Crippen LogP contribution >= 0.6 is 0 Å². The molecular weight excluding hydrogens is 218 g/mol. The summed E-state index contributed by atoms with van der Waals surface area (Å²) in [4.78, 5) is 24.0. The molecule has 1 rings (SSSR count). The average molecular weight is 234 g/mol. The van der Waals surface area contributed by atoms with Crippen molar-refractivity contribution in [2.45, 2.75) is 38.7 Å². The van der Waals surface area contributed by atoms with Crippen molar-refractivity contribution in [3.63, 3.8) is 0 Å². The maximum Gasteiger partial charge on any atom is 0.315 e. The lowest BCUT2D eigenvalue weighted by Crippen LogP contribution is -2.49. The van der Waals surface area contributed by atoms with Crippen molar-refractivity contribution in [3.05, 3.63) is 0 Å². The first-order valence-electron chi connectivity index (χ1n) is 5.39. The van der Waals surface area contributed by atoms with Gasteiger partial charge in [0.25, 0.3) is 5.91 Å². The molecule has 1 aliphatic rings. The van der Waals surface area contributed by atoms with Crippen LogP contribution in [0.5, 0.6) is 0 Å². The zero-order valence-electron chi connectivity index (χ0n) is 9.21. The van der Waals surface area contributed by atoms with Crippen LogP contribution in [0, 0.1) is 0 Å². The number of carbonyl (C=O) groups excluding carboxylic acids is 2. The predicted molar refractivity (Wildman–Crippen MR) is 54.0 cm³/mol. The van der Waals surface area contributed by atoms with E-state index in [0.717, 1.165) is 19.3 Å². The second-order valence-corrected chi connectivity index (χ2v) is 3.92. The van der Waals surface area contributed by atoms with Crippen LogP contribution in [-0.4, -0.2) is 42.3 Å². The summed E-state index contributed by atoms with van der Waals surface area (Å²) in [6, 6.07) is -0.875. The molecule has 1 unspecified atom stereocenters. The van der Waals surface area contributed by atoms with E-state index >= 15 is 0 Å². The highest BCUT2D eigenvalue weighted by atomic mass is 19.3. The van der Waals surface area contributed by atoms with Gasteiger partial charge < -0.3 is 10.2 Å². The number of amides is 2. The molecule has 0 saturated carbocycles. The first-order chi connectivity index (χ1) is 7.52. The Labute approximate surface area is 93.0 Å². The van der Waals surface area contributed by atoms with Gasteiger partial charge in [0, 0.05) is 13.1 Å². The fraction of sp³-hybridized carbons (Fsp3) is 0.800. The molecule has 1 aliphatic heterocycles. The summed E-state index contributed by atoms with van der Waals surface area (Å²) < 4.78 is 23.9. The van der Waals surface area contributed by atoms with Crippen molar-refractivity contribution in [1.29, 1.82) is 0 Å². The third-order valence-electron chi connectivity index (χ3n) is 2.60. The second kappa shape index (κ2) is 5.77. The number of nitrogens with one attached hydrogen (secondary N) is 1. The van der Waals surface area contributed by atoms with Crippen LogP contribution in [-0.2, 0) is 9.59 Å². The SMILES string of the molecule is CC(NC(=O)C(F)F)C(=O)N1CCCCC1. The van der Waals surface area contributed by atoms with Crippen LogP contribution in [0.25, 0.3) is 0 Å². The lowest BCUT2D eigenvalue weighted by molar-refractivity contribution is -0.140. The molecule has 1 atom stereocenters. The lowest BCUT2D eigenvalue weighted by Gasteiger charge is -2.29. The quantitative estimate of drug-likeness (QED) is 0.784. The smallest absolute Gasteiger partial charge is 0.315 e. The van der Waals surface area contributed by atoms with Crippen LogP contribution in [0.4, 0.5) is 8.78 Å². The zero-order chi connectivity index (χ0) is 12.1. The molecule has 2 amide bonds. The highest BCUT2D eigenvalue weighted by molar-refractivity contribution is 5.88. The molecule has 16 heavy (non-hydrogen) atoms. The van der Waals surface area contributed by atoms with Crippen LogP contribution in [0.3, 0.4) is 0 Å². The molecular formula is C10H16F2N2O2. The van der Waals surface area contributed by atoms with Crippen molar-refractivity contribution in [3.8, 4) is 0 Å². The fourth-order valence-electron chi connectivity index (χ4n) is 1.73. The van der Waals surface area contributed by atoms with Crippen molar-refractivity contribution >= 4 is 11.8 Å². The Morgan fingerprint density at radius 1 is 1.19 bits per heavy atom. The Bertz CT molecular complexity index is 266. The molecule has 4 nitrogen and oxygen atoms in total. The first kappa shape index (κ1) is 12.9. The van der Waals surface area contributed by atoms with Crippen LogP contribution in [0.2, 0.25) is 0 Å². The molecule has 0 aromatic carbocycles. The highest BCUT2D eigenvalue weighted by Gasteiger charge is 2.25. The van der Waals surface area contributed by atoms with Gasteiger partial charge in [-0.3, -0.25) is 9.59 Å². The number of hydrogen-bond donors (Lipinski definition) is 1. The van der Waals surface area contributed by atoms with Gasteiger partial charge in [-0.25, -0.2) is 0 Å². The van der Waals surface area contributed by atoms with Crippen LogP contribution < -0.4 is 5.32 Å². The van der Waals surface area contributed by atoms with E-state index < -0.39 is 18.4 Å². The minimum atomic E-state index is -3.07. The molecule has 92 valence electrons. The predicted octanol–water partition coefficient (Wildman–Crippen LogP) is 0.769. The number of alkyl halides is 2. The Morgan fingerprint density at radius 2 is 1.75 bits per heavy atom. The Balaban J connectivity index is 2.43. The van der Waals surface area contributed by atoms with Crippen LogP contribution in [0.1, 0.15) is 26.2 Å². The minimum Gasteiger partial charge on any atom is -0.341 e. The summed E-state index contributed by atoms with van der Waals surface area (Å²) in [6.45, 7) is 2.72. The summed E-state index contributed by atoms with van der Waals surface area (Å²) in [5.74, 6) is -1.67. The van der Waals surface area contributed by atoms with E-state index in [2.05, 4.69) is 0 Å². The molecule has 0 aromatic rings. The number of hydrogen-bond acceptors (Lipinski definition) is 2. The summed E-state index contributed by atoms with van der Waals surface area (Å²) >= 11 is 0. The summed E-state index contributed by atoms with van der Waals surface area (Å²) in [6.07, 6.45) is -0.124. The number of piperidine rings is 1. The third kappa shape index (κ3) is 3.43. The first-order valence-corrected chi connectivity index (χ1v) is 5.39. The van der Waals surface area contributed by atoms with Gasteiger partial charge in [-0.2, -0.15) is 8.78 Å². The van der Waals surface area contributed by atoms with Crippen molar-refractivity contribution < 1.29 is 18.4 Å². The molecule has 1 saturated heterocycles. The number of nitrogens with zero attached hydrogens (tertiary/aromatic N) is 1. The van der Waals surface area contributed by atoms with E-state index in [9.17, 15) is 18.4 Å². The van der Waals surface area contributed by atoms with Gasteiger partial charge in [0.1, 0.15) is 6.04 Å². The van der Waals surface area contributed by atoms with Crippen LogP contribution in [0.15, 0.2) is 0 Å². The van der Waals surface area contributed by atoms with E-state index in [-0.39, 0.29) is 5.91 Å². The minimum absolute atomic E-state index is 0.284. The number of halogens is 2. The third-order valence-corrected chi connectivity index (χ3v) is 2.60. The molecule has 0 spiro atoms. The standard InChI is InChI=1S/C10H16F2N2O2/c1-7(13-9(15)8(11)12)10(16)14-5-3-2-4-6-14/h7-8H,2-6H2,1H3,(H,13,15). The van der Waals surface area contributed by atoms with Crippen molar-refractivity contribution in [2.24, 2.45) is 0 Å². The number of likely N-dealkylation sites (tertiary alicyclic amines) is 1. The molecule has 1 N–H and O–H groups in total. The Morgan fingerprint density at radius 3 is 2.25 bits per heavy atom. The van der Waals surface area contributed by atoms with Gasteiger partial charge in [-0.15, -0.1) is 0 Å². The number of rotatable bonds is 3. The largest absolute Gasteiger partial charge is 0.341 e. The lowest BCUT2D eigenvalue weighted by atomic mass is 10.1. The van der Waals surface area contributed by atoms with E-state index in [1.54, 1.807) is 4.90 Å². The average Bonchev–Trinajstić information content (AvgIpc) is 2.28. The topological polar surface area (TPSA) is 49.4 Å². The van der Waals surface area contributed by atoms with Gasteiger partial charge in [-0.1, -0.05) is 0 Å². The molecule has 0 aliphatic carbocycles. The molecule has 0 radical (unpaired) electrons. The summed E-state index contributed by atoms with van der Waals surface area (Å²) in [5, 5.41) is 2.00. The maximum atomic E-state index is 12.0.